The van der Waals surface area contributed by atoms with Gasteiger partial charge in [-0.05, 0) is 84.8 Å². The highest BCUT2D eigenvalue weighted by Crippen LogP contribution is 2.33. The van der Waals surface area contributed by atoms with Crippen LogP contribution >= 0.6 is 0 Å². The number of sulfonamides is 1. The molecule has 1 aromatic carbocycles. The van der Waals surface area contributed by atoms with Gasteiger partial charge in [0.15, 0.2) is 5.75 Å². The summed E-state index contributed by atoms with van der Waals surface area (Å²) in [6.07, 6.45) is 3.65. The normalized spacial score (nSPS) is 18.6. The highest BCUT2D eigenvalue weighted by Gasteiger charge is 2.32. The van der Waals surface area contributed by atoms with E-state index >= 15 is 0 Å². The Morgan fingerprint density at radius 1 is 1.04 bits per heavy atom. The summed E-state index contributed by atoms with van der Waals surface area (Å²) in [5, 5.41) is 2.78. The Bertz CT molecular complexity index is 1320. The molecule has 3 amide bonds. The molecule has 2 heterocycles. The van der Waals surface area contributed by atoms with Gasteiger partial charge in [0, 0.05) is 32.6 Å². The molecule has 2 aliphatic heterocycles. The van der Waals surface area contributed by atoms with Crippen LogP contribution in [0.15, 0.2) is 23.1 Å². The van der Waals surface area contributed by atoms with Crippen LogP contribution in [-0.2, 0) is 33.9 Å². The minimum Gasteiger partial charge on any atom is -0.493 e. The molecule has 14 heteroatoms. The van der Waals surface area contributed by atoms with E-state index < -0.39 is 33.6 Å². The Labute approximate surface area is 266 Å². The number of hydrogen-bond donors (Lipinski definition) is 2. The number of ether oxygens (including phenoxy) is 3. The van der Waals surface area contributed by atoms with E-state index in [9.17, 15) is 27.6 Å². The number of para-hydroxylation sites is 1. The number of likely N-dealkylation sites (tertiary alicyclic amines) is 2. The highest BCUT2D eigenvalue weighted by molar-refractivity contribution is 7.89. The fraction of sp³-hybridized carbons (Fsp3) is 0.677. The fourth-order valence-corrected chi connectivity index (χ4v) is 6.90. The number of esters is 1. The van der Waals surface area contributed by atoms with Crippen LogP contribution in [0.1, 0.15) is 73.1 Å². The van der Waals surface area contributed by atoms with Crippen molar-refractivity contribution >= 4 is 39.6 Å². The maximum atomic E-state index is 13.3. The number of piperidine rings is 2. The molecular weight excluding hydrogens is 604 g/mol. The summed E-state index contributed by atoms with van der Waals surface area (Å²) in [5.41, 5.74) is -0.376. The van der Waals surface area contributed by atoms with Gasteiger partial charge < -0.3 is 29.3 Å². The Balaban J connectivity index is 1.55. The van der Waals surface area contributed by atoms with Gasteiger partial charge in [0.25, 0.3) is 0 Å². The maximum Gasteiger partial charge on any atom is 0.410 e. The molecular formula is C31H48N4O9S. The first-order valence-corrected chi connectivity index (χ1v) is 17.1. The number of amides is 3. The van der Waals surface area contributed by atoms with Crippen LogP contribution < -0.4 is 14.8 Å². The number of carbonyl (C=O) groups excluding carboxylic acids is 4. The van der Waals surface area contributed by atoms with Crippen molar-refractivity contribution in [2.24, 2.45) is 11.8 Å². The van der Waals surface area contributed by atoms with Gasteiger partial charge in [0.1, 0.15) is 16.5 Å². The molecule has 0 saturated carbocycles. The first-order valence-electron chi connectivity index (χ1n) is 15.6. The lowest BCUT2D eigenvalue weighted by Gasteiger charge is -2.34. The molecule has 0 unspecified atom stereocenters. The van der Waals surface area contributed by atoms with E-state index in [0.717, 1.165) is 19.3 Å². The average Bonchev–Trinajstić information content (AvgIpc) is 2.99. The molecule has 252 valence electrons. The van der Waals surface area contributed by atoms with E-state index in [1.807, 2.05) is 20.8 Å². The second-order valence-corrected chi connectivity index (χ2v) is 14.2. The molecule has 2 N–H and O–H groups in total. The Morgan fingerprint density at radius 2 is 1.73 bits per heavy atom. The van der Waals surface area contributed by atoms with Crippen molar-refractivity contribution in [1.82, 2.24) is 14.5 Å². The summed E-state index contributed by atoms with van der Waals surface area (Å²) in [4.78, 5) is 53.9. The van der Waals surface area contributed by atoms with Crippen molar-refractivity contribution in [3.05, 3.63) is 18.2 Å². The summed E-state index contributed by atoms with van der Waals surface area (Å²) in [5.74, 6) is -1.29. The third-order valence-corrected chi connectivity index (χ3v) is 9.44. The topological polar surface area (TPSA) is 161 Å². The van der Waals surface area contributed by atoms with Crippen molar-refractivity contribution in [1.29, 1.82) is 0 Å². The van der Waals surface area contributed by atoms with E-state index in [1.165, 1.54) is 32.2 Å². The lowest BCUT2D eigenvalue weighted by Crippen LogP contribution is -2.44. The highest BCUT2D eigenvalue weighted by atomic mass is 32.2. The molecule has 45 heavy (non-hydrogen) atoms. The Morgan fingerprint density at radius 3 is 2.36 bits per heavy atom. The summed E-state index contributed by atoms with van der Waals surface area (Å²) in [6.45, 7) is 10.7. The van der Waals surface area contributed by atoms with Crippen LogP contribution in [0.25, 0.3) is 0 Å². The monoisotopic (exact) mass is 652 g/mol. The van der Waals surface area contributed by atoms with Gasteiger partial charge >= 0.3 is 12.1 Å². The second kappa shape index (κ2) is 15.7. The van der Waals surface area contributed by atoms with Crippen LogP contribution in [0.5, 0.6) is 5.75 Å². The van der Waals surface area contributed by atoms with Gasteiger partial charge in [-0.3, -0.25) is 14.4 Å². The fourth-order valence-electron chi connectivity index (χ4n) is 5.52. The van der Waals surface area contributed by atoms with Crippen LogP contribution in [0, 0.1) is 11.8 Å². The minimum absolute atomic E-state index is 0.00506. The van der Waals surface area contributed by atoms with Crippen molar-refractivity contribution < 1.29 is 41.8 Å². The summed E-state index contributed by atoms with van der Waals surface area (Å²) < 4.78 is 44.2. The van der Waals surface area contributed by atoms with Gasteiger partial charge in [0.2, 0.25) is 21.8 Å². The molecule has 0 radical (unpaired) electrons. The van der Waals surface area contributed by atoms with E-state index in [1.54, 1.807) is 16.7 Å². The van der Waals surface area contributed by atoms with Crippen LogP contribution in [-0.4, -0.2) is 93.6 Å². The van der Waals surface area contributed by atoms with Crippen LogP contribution in [0.2, 0.25) is 0 Å². The predicted molar refractivity (Wildman–Crippen MR) is 167 cm³/mol. The van der Waals surface area contributed by atoms with Gasteiger partial charge in [-0.2, -0.15) is 4.72 Å². The number of methoxy groups -OCH3 is 1. The lowest BCUT2D eigenvalue weighted by molar-refractivity contribution is -0.144. The molecule has 2 atom stereocenters. The lowest BCUT2D eigenvalue weighted by atomic mass is 9.91. The summed E-state index contributed by atoms with van der Waals surface area (Å²) >= 11 is 0. The summed E-state index contributed by atoms with van der Waals surface area (Å²) in [6, 6.07) is 3.19. The number of benzene rings is 1. The SMILES string of the molecule is CCOC(=O)[C@H](C)NS(=O)(=O)c1cccc(NC(=O)[C@H]2CCCN(C(=O)CCC3CCN(C(=O)OC(C)(C)C)CC3)C2)c1OC. The van der Waals surface area contributed by atoms with E-state index in [4.69, 9.17) is 14.2 Å². The molecule has 13 nitrogen and oxygen atoms in total. The number of carbonyl (C=O) groups is 4. The zero-order valence-electron chi connectivity index (χ0n) is 27.2. The molecule has 0 bridgehead atoms. The van der Waals surface area contributed by atoms with E-state index in [-0.39, 0.29) is 47.4 Å². The maximum absolute atomic E-state index is 13.3. The smallest absolute Gasteiger partial charge is 0.410 e. The summed E-state index contributed by atoms with van der Waals surface area (Å²) in [7, 11) is -2.91. The van der Waals surface area contributed by atoms with Crippen molar-refractivity contribution in [2.45, 2.75) is 89.7 Å². The second-order valence-electron chi connectivity index (χ2n) is 12.5. The molecule has 0 aliphatic carbocycles. The Hall–Kier alpha value is -3.39. The van der Waals surface area contributed by atoms with Gasteiger partial charge in [0.05, 0.1) is 25.3 Å². The van der Waals surface area contributed by atoms with Crippen molar-refractivity contribution in [3.8, 4) is 5.75 Å². The van der Waals surface area contributed by atoms with Crippen molar-refractivity contribution in [3.63, 3.8) is 0 Å². The molecule has 0 spiro atoms. The minimum atomic E-state index is -4.20. The number of nitrogens with one attached hydrogen (secondary N) is 2. The van der Waals surface area contributed by atoms with Crippen LogP contribution in [0.4, 0.5) is 10.5 Å². The first-order chi connectivity index (χ1) is 21.1. The standard InChI is InChI=1S/C31H48N4O9S/c1-7-43-29(38)21(2)33-45(40,41)25-12-8-11-24(27(25)42-6)32-28(37)23-10-9-17-35(20-23)26(36)14-13-22-15-18-34(19-16-22)30(39)44-31(3,4)5/h8,11-12,21-23,33H,7,9-10,13-20H2,1-6H3,(H,32,37)/t21-,23-/m0/s1. The molecule has 0 aromatic heterocycles. The third kappa shape index (κ3) is 10.3. The van der Waals surface area contributed by atoms with Crippen molar-refractivity contribution in [2.75, 3.05) is 45.2 Å². The number of anilines is 1. The predicted octanol–water partition coefficient (Wildman–Crippen LogP) is 3.53. The molecule has 1 aromatic rings. The van der Waals surface area contributed by atoms with Crippen LogP contribution in [0.3, 0.4) is 0 Å². The molecule has 2 saturated heterocycles. The van der Waals surface area contributed by atoms with E-state index in [0.29, 0.717) is 44.8 Å². The molecule has 2 fully saturated rings. The molecule has 3 rings (SSSR count). The molecule has 2 aliphatic rings. The largest absolute Gasteiger partial charge is 0.493 e. The van der Waals surface area contributed by atoms with Gasteiger partial charge in [-0.25, -0.2) is 13.2 Å². The van der Waals surface area contributed by atoms with E-state index in [2.05, 4.69) is 10.0 Å². The zero-order chi connectivity index (χ0) is 33.4. The Kier molecular flexibility index (Phi) is 12.6. The van der Waals surface area contributed by atoms with Gasteiger partial charge in [-0.15, -0.1) is 0 Å². The quantitative estimate of drug-likeness (QED) is 0.341. The third-order valence-electron chi connectivity index (χ3n) is 7.88. The number of rotatable bonds is 11. The number of nitrogens with zero attached hydrogens (tertiary/aromatic N) is 2. The number of hydrogen-bond acceptors (Lipinski definition) is 9. The average molecular weight is 653 g/mol. The van der Waals surface area contributed by atoms with Gasteiger partial charge in [-0.1, -0.05) is 6.07 Å². The first kappa shape index (κ1) is 36.1. The zero-order valence-corrected chi connectivity index (χ0v) is 28.0.